The summed E-state index contributed by atoms with van der Waals surface area (Å²) in [7, 11) is 0. The van der Waals surface area contributed by atoms with Crippen molar-refractivity contribution in [3.8, 4) is 27.9 Å². The van der Waals surface area contributed by atoms with Gasteiger partial charge in [0.05, 0.1) is 11.0 Å². The predicted octanol–water partition coefficient (Wildman–Crippen LogP) is 9.78. The number of hydrogen-bond donors (Lipinski definition) is 0. The molecule has 1 heterocycles. The molecule has 192 valence electrons. The second kappa shape index (κ2) is 7.55. The molecule has 1 heteroatoms. The topological polar surface area (TPSA) is 4.93 Å². The second-order valence-corrected chi connectivity index (χ2v) is 13.0. The lowest BCUT2D eigenvalue weighted by Crippen LogP contribution is -2.40. The van der Waals surface area contributed by atoms with E-state index >= 15 is 0 Å². The highest BCUT2D eigenvalue weighted by molar-refractivity contribution is 6.10. The molecule has 4 fully saturated rings. The van der Waals surface area contributed by atoms with Crippen LogP contribution in [0.5, 0.6) is 0 Å². The normalized spacial score (nSPS) is 27.2. The Labute approximate surface area is 235 Å². The van der Waals surface area contributed by atoms with E-state index < -0.39 is 0 Å². The number of para-hydroxylation sites is 2. The Morgan fingerprint density at radius 2 is 1.30 bits per heavy atom. The third kappa shape index (κ3) is 2.55. The van der Waals surface area contributed by atoms with Crippen LogP contribution in [-0.2, 0) is 5.41 Å². The zero-order valence-electron chi connectivity index (χ0n) is 22.6. The molecule has 5 aromatic carbocycles. The van der Waals surface area contributed by atoms with E-state index in [1.807, 2.05) is 0 Å². The lowest BCUT2D eigenvalue weighted by atomic mass is 9.59. The van der Waals surface area contributed by atoms with Crippen molar-refractivity contribution >= 4 is 21.8 Å². The van der Waals surface area contributed by atoms with Gasteiger partial charge in [-0.1, -0.05) is 78.9 Å². The van der Waals surface area contributed by atoms with Gasteiger partial charge in [0, 0.05) is 21.9 Å². The van der Waals surface area contributed by atoms with Crippen molar-refractivity contribution in [2.45, 2.75) is 31.1 Å². The molecule has 5 aliphatic carbocycles. The van der Waals surface area contributed by atoms with Gasteiger partial charge in [-0.2, -0.15) is 0 Å². The Kier molecular flexibility index (Phi) is 4.09. The van der Waals surface area contributed by atoms with Crippen LogP contribution in [0.15, 0.2) is 115 Å². The molecule has 5 unspecified atom stereocenters. The van der Waals surface area contributed by atoms with E-state index in [2.05, 4.69) is 120 Å². The van der Waals surface area contributed by atoms with Crippen LogP contribution in [0.1, 0.15) is 36.8 Å². The molecular formula is C39H31N. The molecule has 5 atom stereocenters. The average Bonchev–Trinajstić information content (AvgIpc) is 3.67. The van der Waals surface area contributed by atoms with Gasteiger partial charge < -0.3 is 4.57 Å². The SMILES string of the molecule is c1ccc(-n2c3ccccc3c3cc(-c4ccc5c(c4)-c4ccccc4C54C5CC6CC(C5)C4C6)ccc32)cc1. The third-order valence-corrected chi connectivity index (χ3v) is 11.4. The Bertz CT molecular complexity index is 1990. The summed E-state index contributed by atoms with van der Waals surface area (Å²) in [6, 6.07) is 43.6. The van der Waals surface area contributed by atoms with E-state index in [1.54, 1.807) is 11.1 Å². The third-order valence-electron chi connectivity index (χ3n) is 11.4. The van der Waals surface area contributed by atoms with Gasteiger partial charge in [0.1, 0.15) is 0 Å². The Morgan fingerprint density at radius 1 is 0.550 bits per heavy atom. The molecule has 0 aliphatic heterocycles. The molecule has 0 N–H and O–H groups in total. The van der Waals surface area contributed by atoms with Crippen molar-refractivity contribution in [2.24, 2.45) is 23.7 Å². The molecule has 5 aliphatic rings. The minimum absolute atomic E-state index is 0.259. The minimum Gasteiger partial charge on any atom is -0.309 e. The maximum Gasteiger partial charge on any atom is 0.0541 e. The van der Waals surface area contributed by atoms with Crippen molar-refractivity contribution in [1.82, 2.24) is 4.57 Å². The average molecular weight is 514 g/mol. The molecule has 4 saturated carbocycles. The monoisotopic (exact) mass is 513 g/mol. The quantitative estimate of drug-likeness (QED) is 0.217. The Morgan fingerprint density at radius 3 is 2.23 bits per heavy atom. The lowest BCUT2D eigenvalue weighted by Gasteiger charge is -2.43. The highest BCUT2D eigenvalue weighted by Gasteiger charge is 2.65. The molecule has 0 amide bonds. The summed E-state index contributed by atoms with van der Waals surface area (Å²) >= 11 is 0. The van der Waals surface area contributed by atoms with Crippen LogP contribution in [0.2, 0.25) is 0 Å². The summed E-state index contributed by atoms with van der Waals surface area (Å²) in [5.41, 5.74) is 12.9. The van der Waals surface area contributed by atoms with Gasteiger partial charge in [-0.25, -0.2) is 0 Å². The smallest absolute Gasteiger partial charge is 0.0541 e. The Hall–Kier alpha value is -4.10. The highest BCUT2D eigenvalue weighted by Crippen LogP contribution is 2.72. The molecule has 0 radical (unpaired) electrons. The van der Waals surface area contributed by atoms with Crippen molar-refractivity contribution in [1.29, 1.82) is 0 Å². The van der Waals surface area contributed by atoms with Gasteiger partial charge in [0.15, 0.2) is 0 Å². The van der Waals surface area contributed by atoms with Crippen molar-refractivity contribution in [3.63, 3.8) is 0 Å². The summed E-state index contributed by atoms with van der Waals surface area (Å²) in [5.74, 6) is 3.58. The maximum absolute atomic E-state index is 2.54. The van der Waals surface area contributed by atoms with Gasteiger partial charge in [-0.05, 0) is 119 Å². The summed E-state index contributed by atoms with van der Waals surface area (Å²) in [5, 5.41) is 2.63. The summed E-state index contributed by atoms with van der Waals surface area (Å²) in [4.78, 5) is 0. The molecule has 4 bridgehead atoms. The summed E-state index contributed by atoms with van der Waals surface area (Å²) in [6.07, 6.45) is 5.80. The zero-order valence-corrected chi connectivity index (χ0v) is 22.6. The largest absolute Gasteiger partial charge is 0.309 e. The van der Waals surface area contributed by atoms with E-state index in [9.17, 15) is 0 Å². The number of benzene rings is 5. The van der Waals surface area contributed by atoms with Crippen LogP contribution < -0.4 is 0 Å². The minimum atomic E-state index is 0.259. The predicted molar refractivity (Wildman–Crippen MR) is 165 cm³/mol. The summed E-state index contributed by atoms with van der Waals surface area (Å²) in [6.45, 7) is 0. The van der Waals surface area contributed by atoms with Crippen molar-refractivity contribution in [3.05, 3.63) is 126 Å². The van der Waals surface area contributed by atoms with E-state index in [0.29, 0.717) is 0 Å². The van der Waals surface area contributed by atoms with Crippen LogP contribution in [0.3, 0.4) is 0 Å². The van der Waals surface area contributed by atoms with E-state index in [1.165, 1.54) is 75.4 Å². The molecule has 1 aromatic heterocycles. The fourth-order valence-electron chi connectivity index (χ4n) is 10.2. The van der Waals surface area contributed by atoms with Gasteiger partial charge in [0.2, 0.25) is 0 Å². The van der Waals surface area contributed by atoms with Crippen LogP contribution in [0.25, 0.3) is 49.7 Å². The fraction of sp³-hybridized carbons (Fsp3) is 0.231. The first kappa shape index (κ1) is 21.7. The summed E-state index contributed by atoms with van der Waals surface area (Å²) < 4.78 is 2.40. The number of aromatic nitrogens is 1. The number of fused-ring (bicyclic) bond motifs is 6. The second-order valence-electron chi connectivity index (χ2n) is 13.0. The Balaban J connectivity index is 1.17. The first-order valence-corrected chi connectivity index (χ1v) is 15.1. The molecule has 1 spiro atoms. The number of nitrogens with zero attached hydrogens (tertiary/aromatic N) is 1. The maximum atomic E-state index is 2.54. The number of hydrogen-bond acceptors (Lipinski definition) is 0. The molecule has 6 aromatic rings. The van der Waals surface area contributed by atoms with Crippen molar-refractivity contribution < 1.29 is 0 Å². The van der Waals surface area contributed by atoms with Gasteiger partial charge in [-0.3, -0.25) is 0 Å². The van der Waals surface area contributed by atoms with Gasteiger partial charge in [0.25, 0.3) is 0 Å². The van der Waals surface area contributed by atoms with Gasteiger partial charge in [-0.15, -0.1) is 0 Å². The van der Waals surface area contributed by atoms with Crippen LogP contribution in [-0.4, -0.2) is 4.57 Å². The first-order valence-electron chi connectivity index (χ1n) is 15.1. The van der Waals surface area contributed by atoms with E-state index in [-0.39, 0.29) is 5.41 Å². The molecule has 1 nitrogen and oxygen atoms in total. The standard InChI is InChI=1S/C39H31N/c1-2-8-29(9-3-1)40-37-13-7-5-11-31(37)33-23-26(15-17-38(33)40)25-14-16-35-32(22-25)30-10-4-6-12-34(30)39(35)28-19-24-18-27(21-28)36(39)20-24/h1-17,22-24,27-28,36H,18-21H2. The van der Waals surface area contributed by atoms with Crippen LogP contribution in [0.4, 0.5) is 0 Å². The molecular weight excluding hydrogens is 482 g/mol. The highest BCUT2D eigenvalue weighted by atomic mass is 15.0. The lowest BCUT2D eigenvalue weighted by molar-refractivity contribution is 0.191. The number of rotatable bonds is 2. The first-order chi connectivity index (χ1) is 19.8. The van der Waals surface area contributed by atoms with Gasteiger partial charge >= 0.3 is 0 Å². The van der Waals surface area contributed by atoms with Crippen LogP contribution >= 0.6 is 0 Å². The zero-order chi connectivity index (χ0) is 26.0. The van der Waals surface area contributed by atoms with E-state index in [4.69, 9.17) is 0 Å². The molecule has 40 heavy (non-hydrogen) atoms. The van der Waals surface area contributed by atoms with Crippen LogP contribution in [0, 0.1) is 23.7 Å². The molecule has 0 saturated heterocycles. The molecule has 11 rings (SSSR count). The van der Waals surface area contributed by atoms with Crippen molar-refractivity contribution in [2.75, 3.05) is 0 Å². The van der Waals surface area contributed by atoms with E-state index in [0.717, 1.165) is 23.7 Å². The fourth-order valence-corrected chi connectivity index (χ4v) is 10.2.